The van der Waals surface area contributed by atoms with Gasteiger partial charge in [0.05, 0.1) is 55.5 Å². The number of fused-ring (bicyclic) bond motifs is 14. The number of aliphatic carboxylic acids is 1. The molecular weight excluding hydrogens is 1090 g/mol. The van der Waals surface area contributed by atoms with Crippen molar-refractivity contribution in [3.63, 3.8) is 0 Å². The first-order valence-electron chi connectivity index (χ1n) is 28.3. The van der Waals surface area contributed by atoms with Gasteiger partial charge in [-0.15, -0.1) is 0 Å². The summed E-state index contributed by atoms with van der Waals surface area (Å²) in [6.07, 6.45) is -2.58. The number of hydrogen-bond acceptors (Lipinski definition) is 17. The van der Waals surface area contributed by atoms with Crippen LogP contribution in [0, 0.1) is 21.7 Å². The molecule has 10 rings (SSSR count). The van der Waals surface area contributed by atoms with Gasteiger partial charge in [0.2, 0.25) is 23.6 Å². The van der Waals surface area contributed by atoms with E-state index in [2.05, 4.69) is 10.6 Å². The van der Waals surface area contributed by atoms with E-state index in [0.29, 0.717) is 50.5 Å². The van der Waals surface area contributed by atoms with E-state index >= 15 is 0 Å². The Bertz CT molecular complexity index is 3510. The molecule has 6 aromatic rings. The Morgan fingerprint density at radius 1 is 0.553 bits per heavy atom. The Kier molecular flexibility index (Phi) is 17.5. The summed E-state index contributed by atoms with van der Waals surface area (Å²) >= 11 is 0. The second kappa shape index (κ2) is 24.4. The first-order valence-corrected chi connectivity index (χ1v) is 28.3. The second-order valence-electron chi connectivity index (χ2n) is 25.6. The minimum absolute atomic E-state index is 0.0107. The van der Waals surface area contributed by atoms with Crippen LogP contribution in [0.25, 0.3) is 44.6 Å². The SMILES string of the molecule is CC1(C)COC(=O)N[C@@H](C(C)(C)C)C(=O)N2C[C@@H](C[C@H]2C(=O)O)Oc2nc3ccccc3nc2-c2cccc(c2)OC1.COC(=O)[C@@H]1C[C@@H]2CN1C(=O)[C@H](C(C)(C)C)NC(=O)OCC(C)(C)COc1cccc(c1)-c1nc3ccccc3nc1O2. The van der Waals surface area contributed by atoms with Crippen molar-refractivity contribution in [2.75, 3.05) is 46.6 Å². The number of aromatic nitrogens is 4. The van der Waals surface area contributed by atoms with Crippen molar-refractivity contribution >= 4 is 58.0 Å². The first-order chi connectivity index (χ1) is 40.1. The predicted molar refractivity (Wildman–Crippen MR) is 313 cm³/mol. The van der Waals surface area contributed by atoms with Gasteiger partial charge < -0.3 is 58.7 Å². The smallest absolute Gasteiger partial charge is 0.407 e. The number of carboxylic acid groups (broad SMARTS) is 1. The van der Waals surface area contributed by atoms with Gasteiger partial charge in [-0.25, -0.2) is 39.1 Å². The van der Waals surface area contributed by atoms with Crippen LogP contribution >= 0.6 is 0 Å². The lowest BCUT2D eigenvalue weighted by molar-refractivity contribution is -0.152. The number of amides is 4. The maximum absolute atomic E-state index is 14.0. The number of nitrogens with one attached hydrogen (secondary N) is 2. The topological polar surface area (TPSA) is 269 Å². The van der Waals surface area contributed by atoms with Crippen LogP contribution < -0.4 is 29.6 Å². The molecule has 6 heterocycles. The van der Waals surface area contributed by atoms with Gasteiger partial charge in [0.1, 0.15) is 72.5 Å². The summed E-state index contributed by atoms with van der Waals surface area (Å²) in [7, 11) is 1.28. The summed E-state index contributed by atoms with van der Waals surface area (Å²) in [4.78, 5) is 101. The molecule has 8 bridgehead atoms. The van der Waals surface area contributed by atoms with Crippen molar-refractivity contribution in [3.8, 4) is 45.8 Å². The van der Waals surface area contributed by atoms with Crippen LogP contribution in [0.1, 0.15) is 82.1 Å². The fourth-order valence-corrected chi connectivity index (χ4v) is 10.2. The minimum Gasteiger partial charge on any atom is -0.493 e. The van der Waals surface area contributed by atoms with Gasteiger partial charge in [0.15, 0.2) is 0 Å². The van der Waals surface area contributed by atoms with Gasteiger partial charge in [-0.2, -0.15) is 0 Å². The van der Waals surface area contributed by atoms with Crippen LogP contribution in [0.3, 0.4) is 0 Å². The third-order valence-electron chi connectivity index (χ3n) is 14.9. The summed E-state index contributed by atoms with van der Waals surface area (Å²) in [6, 6.07) is 25.6. The number of esters is 1. The van der Waals surface area contributed by atoms with Crippen molar-refractivity contribution < 1.29 is 67.0 Å². The highest BCUT2D eigenvalue weighted by atomic mass is 16.6. The van der Waals surface area contributed by atoms with E-state index in [4.69, 9.17) is 53.1 Å². The number of para-hydroxylation sites is 4. The van der Waals surface area contributed by atoms with Crippen molar-refractivity contribution in [1.29, 1.82) is 0 Å². The Morgan fingerprint density at radius 2 is 0.929 bits per heavy atom. The highest BCUT2D eigenvalue weighted by molar-refractivity contribution is 5.92. The van der Waals surface area contributed by atoms with E-state index in [1.54, 1.807) is 20.8 Å². The van der Waals surface area contributed by atoms with E-state index in [0.717, 1.165) is 5.56 Å². The molecule has 0 aliphatic carbocycles. The zero-order chi connectivity index (χ0) is 61.2. The molecule has 4 aliphatic rings. The van der Waals surface area contributed by atoms with Crippen molar-refractivity contribution in [1.82, 2.24) is 40.4 Å². The average molecular weight is 1170 g/mol. The van der Waals surface area contributed by atoms with Crippen LogP contribution in [-0.2, 0) is 33.4 Å². The zero-order valence-electron chi connectivity index (χ0n) is 49.8. The number of alkyl carbamates (subject to hydrolysis) is 2. The van der Waals surface area contributed by atoms with Gasteiger partial charge in [-0.3, -0.25) is 9.59 Å². The maximum Gasteiger partial charge on any atom is 0.407 e. The number of methoxy groups -OCH3 is 1. The molecule has 0 spiro atoms. The number of benzene rings is 4. The molecule has 4 aromatic carbocycles. The number of carbonyl (C=O) groups excluding carboxylic acids is 5. The van der Waals surface area contributed by atoms with E-state index < -0.39 is 94.0 Å². The number of hydrogen-bond donors (Lipinski definition) is 3. The van der Waals surface area contributed by atoms with Gasteiger partial charge in [0, 0.05) is 34.8 Å². The van der Waals surface area contributed by atoms with Crippen molar-refractivity contribution in [3.05, 3.63) is 97.1 Å². The highest BCUT2D eigenvalue weighted by Crippen LogP contribution is 2.38. The molecule has 22 heteroatoms. The summed E-state index contributed by atoms with van der Waals surface area (Å²) in [6.45, 7) is 19.2. The zero-order valence-corrected chi connectivity index (χ0v) is 49.8. The molecule has 0 unspecified atom stereocenters. The molecule has 0 radical (unpaired) electrons. The van der Waals surface area contributed by atoms with E-state index in [1.165, 1.54) is 16.9 Å². The molecule has 450 valence electrons. The second-order valence-corrected chi connectivity index (χ2v) is 25.6. The number of rotatable bonds is 2. The summed E-state index contributed by atoms with van der Waals surface area (Å²) in [5.41, 5.74) is 2.47. The molecule has 6 atom stereocenters. The molecular formula is C63H74N8O14. The fraction of sp³-hybridized carbons (Fsp3) is 0.460. The van der Waals surface area contributed by atoms with Crippen LogP contribution in [0.15, 0.2) is 97.1 Å². The first kappa shape index (κ1) is 60.8. The molecule has 2 fully saturated rings. The van der Waals surface area contributed by atoms with Crippen molar-refractivity contribution in [2.24, 2.45) is 21.7 Å². The maximum atomic E-state index is 14.0. The molecule has 2 saturated heterocycles. The largest absolute Gasteiger partial charge is 0.493 e. The molecule has 2 aromatic heterocycles. The summed E-state index contributed by atoms with van der Waals surface area (Å²) in [5, 5.41) is 15.5. The van der Waals surface area contributed by atoms with Gasteiger partial charge >= 0.3 is 24.1 Å². The quantitative estimate of drug-likeness (QED) is 0.108. The average Bonchev–Trinajstić information content (AvgIpc) is 2.86. The number of carbonyl (C=O) groups is 6. The third-order valence-corrected chi connectivity index (χ3v) is 14.9. The molecule has 0 saturated carbocycles. The number of ether oxygens (including phenoxy) is 7. The Hall–Kier alpha value is -8.82. The van der Waals surface area contributed by atoms with Crippen LogP contribution in [0.5, 0.6) is 23.3 Å². The summed E-state index contributed by atoms with van der Waals surface area (Å²) in [5.74, 6) is -1.01. The monoisotopic (exact) mass is 1170 g/mol. The Morgan fingerprint density at radius 3 is 1.32 bits per heavy atom. The minimum atomic E-state index is -1.16. The number of nitrogens with zero attached hydrogens (tertiary/aromatic N) is 6. The standard InChI is InChI=1S/C32H38N4O7.C31H36N4O7/c1-31(2,3)26-28(37)36-16-21(15-24(36)29(38)40-6)43-27-25(33-22-12-7-8-13-23(22)34-27)19-10-9-11-20(14-19)41-17-32(4,5)18-42-30(39)35-26;1-30(2,3)25-27(36)35-15-20(14-23(35)28(37)38)42-26-24(32-21-11-6-7-12-22(21)33-26)18-9-8-10-19(13-18)40-16-31(4,5)17-41-29(39)34-25/h7-14,21,24,26H,15-18H2,1-6H3,(H,35,39);6-13,20,23,25H,14-17H2,1-5H3,(H,34,39)(H,37,38)/t21-,24+,26-;20-,23+,25-/m11/s1. The molecule has 4 aliphatic heterocycles. The number of carboxylic acids is 1. The fourth-order valence-electron chi connectivity index (χ4n) is 10.2. The van der Waals surface area contributed by atoms with Crippen LogP contribution in [0.2, 0.25) is 0 Å². The molecule has 85 heavy (non-hydrogen) atoms. The number of cyclic esters (lactones) is 2. The van der Waals surface area contributed by atoms with Crippen molar-refractivity contribution in [2.45, 2.75) is 118 Å². The van der Waals surface area contributed by atoms with Crippen LogP contribution in [0.4, 0.5) is 9.59 Å². The van der Waals surface area contributed by atoms with Crippen LogP contribution in [-0.4, -0.2) is 154 Å². The molecule has 4 amide bonds. The molecule has 3 N–H and O–H groups in total. The van der Waals surface area contributed by atoms with Gasteiger partial charge in [-0.05, 0) is 59.4 Å². The molecule has 22 nitrogen and oxygen atoms in total. The highest BCUT2D eigenvalue weighted by Gasteiger charge is 2.48. The normalized spacial score (nSPS) is 22.8. The summed E-state index contributed by atoms with van der Waals surface area (Å²) < 4.78 is 41.2. The third kappa shape index (κ3) is 14.4. The lowest BCUT2D eigenvalue weighted by Gasteiger charge is -2.35. The Labute approximate surface area is 493 Å². The van der Waals surface area contributed by atoms with Gasteiger partial charge in [-0.1, -0.05) is 118 Å². The van der Waals surface area contributed by atoms with E-state index in [1.807, 2.05) is 146 Å². The Balaban J connectivity index is 0.000000204. The van der Waals surface area contributed by atoms with E-state index in [9.17, 15) is 33.9 Å². The lowest BCUT2D eigenvalue weighted by atomic mass is 9.85. The predicted octanol–water partition coefficient (Wildman–Crippen LogP) is 8.67. The lowest BCUT2D eigenvalue weighted by Crippen LogP contribution is -2.57. The van der Waals surface area contributed by atoms with E-state index in [-0.39, 0.29) is 64.1 Å². The van der Waals surface area contributed by atoms with Gasteiger partial charge in [0.25, 0.3) is 0 Å².